The molecule has 20 heavy (non-hydrogen) atoms. The first-order valence-electron chi connectivity index (χ1n) is 7.17. The van der Waals surface area contributed by atoms with Gasteiger partial charge in [0.05, 0.1) is 12.2 Å². The first-order valence-corrected chi connectivity index (χ1v) is 7.17. The van der Waals surface area contributed by atoms with E-state index in [9.17, 15) is 4.39 Å². The van der Waals surface area contributed by atoms with Crippen LogP contribution in [0.3, 0.4) is 0 Å². The number of halogens is 1. The average Bonchev–Trinajstić information content (AvgIpc) is 2.86. The highest BCUT2D eigenvalue weighted by atomic mass is 19.1. The molecule has 0 amide bonds. The van der Waals surface area contributed by atoms with Crippen molar-refractivity contribution in [2.75, 3.05) is 6.54 Å². The van der Waals surface area contributed by atoms with Gasteiger partial charge in [-0.05, 0) is 31.5 Å². The van der Waals surface area contributed by atoms with E-state index < -0.39 is 0 Å². The Labute approximate surface area is 119 Å². The minimum absolute atomic E-state index is 0.147. The maximum absolute atomic E-state index is 14.2. The van der Waals surface area contributed by atoms with Crippen LogP contribution < -0.4 is 5.32 Å². The standard InChI is InChI=1S/C16H22FN3/c1-4-8-20-11-13(10-19-20)16(18-5-2)14-7-6-12(3)9-15(14)17/h6-7,9-11,16,18H,4-5,8H2,1-3H3. The third kappa shape index (κ3) is 3.25. The highest BCUT2D eigenvalue weighted by Crippen LogP contribution is 2.24. The Balaban J connectivity index is 2.34. The minimum Gasteiger partial charge on any atom is -0.306 e. The summed E-state index contributed by atoms with van der Waals surface area (Å²) in [5.74, 6) is -0.167. The Morgan fingerprint density at radius 2 is 2.15 bits per heavy atom. The van der Waals surface area contributed by atoms with Crippen molar-refractivity contribution in [3.63, 3.8) is 0 Å². The summed E-state index contributed by atoms with van der Waals surface area (Å²) in [5.41, 5.74) is 2.61. The summed E-state index contributed by atoms with van der Waals surface area (Å²) in [6, 6.07) is 5.23. The molecule has 1 N–H and O–H groups in total. The third-order valence-electron chi connectivity index (χ3n) is 3.31. The summed E-state index contributed by atoms with van der Waals surface area (Å²) in [7, 11) is 0. The second-order valence-electron chi connectivity index (χ2n) is 5.05. The van der Waals surface area contributed by atoms with Crippen LogP contribution in [-0.2, 0) is 6.54 Å². The van der Waals surface area contributed by atoms with Crippen LogP contribution in [0.15, 0.2) is 30.6 Å². The SMILES string of the molecule is CCCn1cc(C(NCC)c2ccc(C)cc2F)cn1. The van der Waals surface area contributed by atoms with Crippen LogP contribution >= 0.6 is 0 Å². The fraction of sp³-hybridized carbons (Fsp3) is 0.438. The van der Waals surface area contributed by atoms with Crippen LogP contribution in [0.1, 0.15) is 43.0 Å². The van der Waals surface area contributed by atoms with E-state index in [1.54, 1.807) is 6.07 Å². The summed E-state index contributed by atoms with van der Waals surface area (Å²) in [4.78, 5) is 0. The summed E-state index contributed by atoms with van der Waals surface area (Å²) >= 11 is 0. The molecule has 0 aliphatic carbocycles. The maximum Gasteiger partial charge on any atom is 0.128 e. The number of nitrogens with one attached hydrogen (secondary N) is 1. The zero-order valence-electron chi connectivity index (χ0n) is 12.4. The Hall–Kier alpha value is -1.68. The van der Waals surface area contributed by atoms with Crippen molar-refractivity contribution in [2.45, 2.75) is 39.8 Å². The van der Waals surface area contributed by atoms with Crippen LogP contribution in [0.4, 0.5) is 4.39 Å². The Bertz CT molecular complexity index is 563. The van der Waals surface area contributed by atoms with E-state index in [1.807, 2.05) is 43.1 Å². The van der Waals surface area contributed by atoms with Crippen molar-refractivity contribution in [1.82, 2.24) is 15.1 Å². The van der Waals surface area contributed by atoms with Crippen molar-refractivity contribution < 1.29 is 4.39 Å². The molecule has 0 bridgehead atoms. The van der Waals surface area contributed by atoms with E-state index in [0.717, 1.165) is 30.6 Å². The van der Waals surface area contributed by atoms with Crippen molar-refractivity contribution in [3.05, 3.63) is 53.1 Å². The lowest BCUT2D eigenvalue weighted by Crippen LogP contribution is -2.22. The molecule has 2 rings (SSSR count). The molecule has 108 valence electrons. The highest BCUT2D eigenvalue weighted by molar-refractivity contribution is 5.32. The van der Waals surface area contributed by atoms with Gasteiger partial charge in [-0.15, -0.1) is 0 Å². The number of aryl methyl sites for hydroxylation is 2. The summed E-state index contributed by atoms with van der Waals surface area (Å²) < 4.78 is 16.1. The molecule has 4 heteroatoms. The van der Waals surface area contributed by atoms with Crippen molar-refractivity contribution >= 4 is 0 Å². The molecule has 0 spiro atoms. The maximum atomic E-state index is 14.2. The number of nitrogens with zero attached hydrogens (tertiary/aromatic N) is 2. The van der Waals surface area contributed by atoms with Gasteiger partial charge in [0.15, 0.2) is 0 Å². The smallest absolute Gasteiger partial charge is 0.128 e. The number of hydrogen-bond acceptors (Lipinski definition) is 2. The first kappa shape index (κ1) is 14.7. The lowest BCUT2D eigenvalue weighted by Gasteiger charge is -2.18. The lowest BCUT2D eigenvalue weighted by atomic mass is 9.99. The van der Waals surface area contributed by atoms with Gasteiger partial charge in [0.25, 0.3) is 0 Å². The topological polar surface area (TPSA) is 29.9 Å². The van der Waals surface area contributed by atoms with Crippen molar-refractivity contribution in [1.29, 1.82) is 0 Å². The fourth-order valence-corrected chi connectivity index (χ4v) is 2.36. The molecule has 1 unspecified atom stereocenters. The van der Waals surface area contributed by atoms with Crippen molar-refractivity contribution in [3.8, 4) is 0 Å². The van der Waals surface area contributed by atoms with E-state index in [1.165, 1.54) is 0 Å². The predicted molar refractivity (Wildman–Crippen MR) is 79.2 cm³/mol. The van der Waals surface area contributed by atoms with E-state index in [2.05, 4.69) is 17.3 Å². The van der Waals surface area contributed by atoms with Crippen LogP contribution in [0, 0.1) is 12.7 Å². The first-order chi connectivity index (χ1) is 9.65. The minimum atomic E-state index is -0.167. The molecular weight excluding hydrogens is 253 g/mol. The van der Waals surface area contributed by atoms with E-state index in [0.29, 0.717) is 5.56 Å². The molecule has 1 atom stereocenters. The molecule has 3 nitrogen and oxygen atoms in total. The summed E-state index contributed by atoms with van der Waals surface area (Å²) in [6.07, 6.45) is 4.85. The zero-order valence-corrected chi connectivity index (χ0v) is 12.4. The van der Waals surface area contributed by atoms with E-state index in [4.69, 9.17) is 0 Å². The average molecular weight is 275 g/mol. The normalized spacial score (nSPS) is 12.6. The molecule has 0 aliphatic heterocycles. The van der Waals surface area contributed by atoms with Crippen LogP contribution in [-0.4, -0.2) is 16.3 Å². The second-order valence-corrected chi connectivity index (χ2v) is 5.05. The molecule has 0 aliphatic rings. The van der Waals surface area contributed by atoms with Gasteiger partial charge in [-0.1, -0.05) is 26.0 Å². The summed E-state index contributed by atoms with van der Waals surface area (Å²) in [6.45, 7) is 7.69. The predicted octanol–water partition coefficient (Wildman–Crippen LogP) is 3.44. The van der Waals surface area contributed by atoms with Crippen LogP contribution in [0.25, 0.3) is 0 Å². The third-order valence-corrected chi connectivity index (χ3v) is 3.31. The van der Waals surface area contributed by atoms with Gasteiger partial charge < -0.3 is 5.32 Å². The van der Waals surface area contributed by atoms with Gasteiger partial charge in [0.2, 0.25) is 0 Å². The quantitative estimate of drug-likeness (QED) is 0.875. The Morgan fingerprint density at radius 3 is 2.80 bits per heavy atom. The van der Waals surface area contributed by atoms with E-state index >= 15 is 0 Å². The van der Waals surface area contributed by atoms with Crippen LogP contribution in [0.2, 0.25) is 0 Å². The van der Waals surface area contributed by atoms with Gasteiger partial charge in [-0.2, -0.15) is 5.10 Å². The molecule has 1 aromatic carbocycles. The lowest BCUT2D eigenvalue weighted by molar-refractivity contribution is 0.556. The molecule has 0 fully saturated rings. The molecule has 1 heterocycles. The second kappa shape index (κ2) is 6.66. The number of aromatic nitrogens is 2. The van der Waals surface area contributed by atoms with Gasteiger partial charge in [0, 0.05) is 23.9 Å². The van der Waals surface area contributed by atoms with E-state index in [-0.39, 0.29) is 11.9 Å². The molecule has 0 radical (unpaired) electrons. The molecule has 2 aromatic rings. The largest absolute Gasteiger partial charge is 0.306 e. The number of benzene rings is 1. The fourth-order valence-electron chi connectivity index (χ4n) is 2.36. The summed E-state index contributed by atoms with van der Waals surface area (Å²) in [5, 5.41) is 7.67. The highest BCUT2D eigenvalue weighted by Gasteiger charge is 2.18. The Kier molecular flexibility index (Phi) is 4.90. The Morgan fingerprint density at radius 1 is 1.35 bits per heavy atom. The van der Waals surface area contributed by atoms with Gasteiger partial charge in [0.1, 0.15) is 5.82 Å². The molecule has 0 saturated heterocycles. The monoisotopic (exact) mass is 275 g/mol. The van der Waals surface area contributed by atoms with Gasteiger partial charge >= 0.3 is 0 Å². The van der Waals surface area contributed by atoms with Gasteiger partial charge in [-0.25, -0.2) is 4.39 Å². The zero-order chi connectivity index (χ0) is 14.5. The molecule has 1 aromatic heterocycles. The van der Waals surface area contributed by atoms with Crippen molar-refractivity contribution in [2.24, 2.45) is 0 Å². The number of hydrogen-bond donors (Lipinski definition) is 1. The molecular formula is C16H22FN3. The molecule has 0 saturated carbocycles. The number of rotatable bonds is 6. The van der Waals surface area contributed by atoms with Gasteiger partial charge in [-0.3, -0.25) is 4.68 Å². The van der Waals surface area contributed by atoms with Crippen LogP contribution in [0.5, 0.6) is 0 Å².